The van der Waals surface area contributed by atoms with Gasteiger partial charge in [-0.3, -0.25) is 0 Å². The Balaban J connectivity index is 1.83. The minimum absolute atomic E-state index is 0.0155. The lowest BCUT2D eigenvalue weighted by Gasteiger charge is -2.13. The summed E-state index contributed by atoms with van der Waals surface area (Å²) in [5.74, 6) is 2.22. The minimum Gasteiger partial charge on any atom is -0.493 e. The van der Waals surface area contributed by atoms with Crippen LogP contribution in [0.5, 0.6) is 5.75 Å². The summed E-state index contributed by atoms with van der Waals surface area (Å²) < 4.78 is 10.7. The molecular weight excluding hydrogens is 230 g/mol. The second kappa shape index (κ2) is 4.33. The van der Waals surface area contributed by atoms with E-state index in [1.165, 1.54) is 5.56 Å². The van der Waals surface area contributed by atoms with E-state index in [-0.39, 0.29) is 6.04 Å². The Labute approximate surface area is 105 Å². The summed E-state index contributed by atoms with van der Waals surface area (Å²) in [4.78, 5) is 4.23. The highest BCUT2D eigenvalue weighted by Gasteiger charge is 2.19. The van der Waals surface area contributed by atoms with E-state index in [4.69, 9.17) is 9.26 Å². The average molecular weight is 245 g/mol. The molecule has 5 heteroatoms. The number of aromatic nitrogens is 2. The van der Waals surface area contributed by atoms with Crippen molar-refractivity contribution in [2.45, 2.75) is 26.3 Å². The van der Waals surface area contributed by atoms with Crippen LogP contribution < -0.4 is 10.1 Å². The number of nitrogens with one attached hydrogen (secondary N) is 1. The molecule has 0 saturated carbocycles. The number of ether oxygens (including phenoxy) is 1. The first kappa shape index (κ1) is 11.1. The van der Waals surface area contributed by atoms with Crippen LogP contribution in [-0.4, -0.2) is 16.7 Å². The first-order valence-electron chi connectivity index (χ1n) is 6.05. The van der Waals surface area contributed by atoms with E-state index in [0.717, 1.165) is 24.5 Å². The van der Waals surface area contributed by atoms with Crippen molar-refractivity contribution in [3.63, 3.8) is 0 Å². The van der Waals surface area contributed by atoms with Crippen molar-refractivity contribution < 1.29 is 9.26 Å². The predicted octanol–water partition coefficient (Wildman–Crippen LogP) is 2.49. The lowest BCUT2D eigenvalue weighted by atomic mass is 10.1. The van der Waals surface area contributed by atoms with Gasteiger partial charge in [-0.25, -0.2) is 0 Å². The molecule has 1 aromatic carbocycles. The molecule has 0 bridgehead atoms. The molecule has 1 unspecified atom stereocenters. The van der Waals surface area contributed by atoms with E-state index in [1.54, 1.807) is 0 Å². The van der Waals surface area contributed by atoms with Crippen LogP contribution in [0.1, 0.15) is 30.2 Å². The van der Waals surface area contributed by atoms with Gasteiger partial charge in [-0.15, -0.1) is 0 Å². The molecule has 0 aliphatic carbocycles. The molecule has 1 atom stereocenters. The van der Waals surface area contributed by atoms with Crippen LogP contribution in [0.15, 0.2) is 22.7 Å². The molecule has 2 heterocycles. The molecule has 1 N–H and O–H groups in total. The van der Waals surface area contributed by atoms with E-state index >= 15 is 0 Å². The molecule has 2 aromatic rings. The van der Waals surface area contributed by atoms with Gasteiger partial charge in [-0.1, -0.05) is 11.2 Å². The fourth-order valence-corrected chi connectivity index (χ4v) is 2.14. The number of benzene rings is 1. The largest absolute Gasteiger partial charge is 0.493 e. The van der Waals surface area contributed by atoms with Crippen LogP contribution >= 0.6 is 0 Å². The van der Waals surface area contributed by atoms with Crippen LogP contribution in [0, 0.1) is 6.92 Å². The van der Waals surface area contributed by atoms with Gasteiger partial charge in [0.1, 0.15) is 11.8 Å². The summed E-state index contributed by atoms with van der Waals surface area (Å²) in [6.45, 7) is 4.57. The Bertz CT molecular complexity index is 565. The first-order chi connectivity index (χ1) is 8.74. The van der Waals surface area contributed by atoms with Crippen LogP contribution in [0.4, 0.5) is 5.69 Å². The molecule has 1 aliphatic rings. The van der Waals surface area contributed by atoms with Gasteiger partial charge in [0.05, 0.1) is 6.61 Å². The summed E-state index contributed by atoms with van der Waals surface area (Å²) >= 11 is 0. The van der Waals surface area contributed by atoms with Gasteiger partial charge in [0, 0.05) is 17.7 Å². The molecular formula is C13H15N3O2. The molecule has 0 radical (unpaired) electrons. The Kier molecular flexibility index (Phi) is 2.66. The zero-order valence-electron chi connectivity index (χ0n) is 10.4. The normalized spacial score (nSPS) is 15.0. The zero-order chi connectivity index (χ0) is 12.5. The molecule has 5 nitrogen and oxygen atoms in total. The number of rotatable bonds is 3. The van der Waals surface area contributed by atoms with E-state index in [1.807, 2.05) is 32.0 Å². The van der Waals surface area contributed by atoms with Gasteiger partial charge >= 0.3 is 0 Å². The standard InChI is InChI=1S/C13H15N3O2/c1-8(13-15-9(2)16-18-13)14-11-4-3-5-12-10(11)6-7-17-12/h3-5,8,14H,6-7H2,1-2H3. The first-order valence-corrected chi connectivity index (χ1v) is 6.05. The summed E-state index contributed by atoms with van der Waals surface area (Å²) in [5, 5.41) is 7.20. The number of hydrogen-bond donors (Lipinski definition) is 1. The van der Waals surface area contributed by atoms with Gasteiger partial charge in [0.2, 0.25) is 5.89 Å². The lowest BCUT2D eigenvalue weighted by molar-refractivity contribution is 0.357. The molecule has 3 rings (SSSR count). The maximum Gasteiger partial charge on any atom is 0.248 e. The highest BCUT2D eigenvalue weighted by molar-refractivity contribution is 5.59. The molecule has 18 heavy (non-hydrogen) atoms. The number of aryl methyl sites for hydroxylation is 1. The number of nitrogens with zero attached hydrogens (tertiary/aromatic N) is 2. The van der Waals surface area contributed by atoms with Crippen LogP contribution in [0.2, 0.25) is 0 Å². The van der Waals surface area contributed by atoms with Crippen molar-refractivity contribution in [2.75, 3.05) is 11.9 Å². The van der Waals surface area contributed by atoms with Crippen molar-refractivity contribution in [3.05, 3.63) is 35.5 Å². The minimum atomic E-state index is -0.0155. The molecule has 0 spiro atoms. The van der Waals surface area contributed by atoms with Crippen molar-refractivity contribution >= 4 is 5.69 Å². The van der Waals surface area contributed by atoms with E-state index < -0.39 is 0 Å². The molecule has 0 fully saturated rings. The van der Waals surface area contributed by atoms with Gasteiger partial charge in [-0.05, 0) is 26.0 Å². The van der Waals surface area contributed by atoms with Crippen molar-refractivity contribution in [3.8, 4) is 5.75 Å². The molecule has 94 valence electrons. The number of hydrogen-bond acceptors (Lipinski definition) is 5. The third kappa shape index (κ3) is 1.92. The van der Waals surface area contributed by atoms with E-state index in [2.05, 4.69) is 15.5 Å². The van der Waals surface area contributed by atoms with E-state index in [9.17, 15) is 0 Å². The Morgan fingerprint density at radius 3 is 3.06 bits per heavy atom. The highest BCUT2D eigenvalue weighted by atomic mass is 16.5. The van der Waals surface area contributed by atoms with Gasteiger partial charge in [0.15, 0.2) is 5.82 Å². The van der Waals surface area contributed by atoms with Gasteiger partial charge < -0.3 is 14.6 Å². The summed E-state index contributed by atoms with van der Waals surface area (Å²) in [7, 11) is 0. The fourth-order valence-electron chi connectivity index (χ4n) is 2.14. The second-order valence-electron chi connectivity index (χ2n) is 4.43. The van der Waals surface area contributed by atoms with Crippen molar-refractivity contribution in [2.24, 2.45) is 0 Å². The Hall–Kier alpha value is -2.04. The quantitative estimate of drug-likeness (QED) is 0.900. The van der Waals surface area contributed by atoms with Crippen LogP contribution in [-0.2, 0) is 6.42 Å². The van der Waals surface area contributed by atoms with Crippen LogP contribution in [0.25, 0.3) is 0 Å². The summed E-state index contributed by atoms with van der Waals surface area (Å²) in [6, 6.07) is 6.01. The van der Waals surface area contributed by atoms with Gasteiger partial charge in [0.25, 0.3) is 0 Å². The molecule has 0 amide bonds. The monoisotopic (exact) mass is 245 g/mol. The second-order valence-corrected chi connectivity index (χ2v) is 4.43. The maximum absolute atomic E-state index is 5.54. The molecule has 1 aliphatic heterocycles. The lowest BCUT2D eigenvalue weighted by Crippen LogP contribution is -2.08. The maximum atomic E-state index is 5.54. The fraction of sp³-hybridized carbons (Fsp3) is 0.385. The molecule has 0 saturated heterocycles. The summed E-state index contributed by atoms with van der Waals surface area (Å²) in [6.07, 6.45) is 0.939. The zero-order valence-corrected chi connectivity index (χ0v) is 10.4. The van der Waals surface area contributed by atoms with Gasteiger partial charge in [-0.2, -0.15) is 4.98 Å². The third-order valence-electron chi connectivity index (χ3n) is 3.03. The van der Waals surface area contributed by atoms with Crippen LogP contribution in [0.3, 0.4) is 0 Å². The average Bonchev–Trinajstić information content (AvgIpc) is 2.97. The van der Waals surface area contributed by atoms with Crippen molar-refractivity contribution in [1.82, 2.24) is 10.1 Å². The molecule has 1 aromatic heterocycles. The van der Waals surface area contributed by atoms with Crippen molar-refractivity contribution in [1.29, 1.82) is 0 Å². The number of fused-ring (bicyclic) bond motifs is 1. The van der Waals surface area contributed by atoms with E-state index in [0.29, 0.717) is 11.7 Å². The third-order valence-corrected chi connectivity index (χ3v) is 3.03. The highest BCUT2D eigenvalue weighted by Crippen LogP contribution is 2.33. The topological polar surface area (TPSA) is 60.2 Å². The summed E-state index contributed by atoms with van der Waals surface area (Å²) in [5.41, 5.74) is 2.30. The predicted molar refractivity (Wildman–Crippen MR) is 66.7 cm³/mol. The Morgan fingerprint density at radius 1 is 1.39 bits per heavy atom. The smallest absolute Gasteiger partial charge is 0.248 e. The number of anilines is 1. The Morgan fingerprint density at radius 2 is 2.28 bits per heavy atom. The SMILES string of the molecule is Cc1noc(C(C)Nc2cccc3c2CCO3)n1.